The van der Waals surface area contributed by atoms with Gasteiger partial charge >= 0.3 is 5.97 Å². The number of thioether (sulfide) groups is 1. The molecule has 0 fully saturated rings. The molecule has 1 aliphatic rings. The molecule has 0 spiro atoms. The number of benzene rings is 1. The van der Waals surface area contributed by atoms with Gasteiger partial charge in [0.2, 0.25) is 0 Å². The van der Waals surface area contributed by atoms with Gasteiger partial charge in [0, 0.05) is 21.5 Å². The lowest BCUT2D eigenvalue weighted by Gasteiger charge is -2.31. The summed E-state index contributed by atoms with van der Waals surface area (Å²) in [4.78, 5) is 12.8. The van der Waals surface area contributed by atoms with Crippen LogP contribution >= 0.6 is 35.0 Å². The Morgan fingerprint density at radius 1 is 1.26 bits per heavy atom. The lowest BCUT2D eigenvalue weighted by atomic mass is 9.86. The van der Waals surface area contributed by atoms with E-state index in [0.29, 0.717) is 26.6 Å². The van der Waals surface area contributed by atoms with Crippen molar-refractivity contribution in [2.45, 2.75) is 38.9 Å². The van der Waals surface area contributed by atoms with Gasteiger partial charge in [-0.15, -0.1) is 11.8 Å². The minimum Gasteiger partial charge on any atom is -0.478 e. The fourth-order valence-electron chi connectivity index (χ4n) is 2.71. The van der Waals surface area contributed by atoms with Crippen LogP contribution in [0.4, 0.5) is 0 Å². The summed E-state index contributed by atoms with van der Waals surface area (Å²) in [6, 6.07) is 5.35. The van der Waals surface area contributed by atoms with Crippen molar-refractivity contribution in [2.75, 3.05) is 0 Å². The van der Waals surface area contributed by atoms with Crippen molar-refractivity contribution in [3.8, 4) is 0 Å². The van der Waals surface area contributed by atoms with Crippen LogP contribution in [0, 0.1) is 0 Å². The Labute approximate surface area is 150 Å². The third-order valence-electron chi connectivity index (χ3n) is 3.59. The smallest absolute Gasteiger partial charge is 0.334 e. The number of carbonyl (C=O) groups is 1. The summed E-state index contributed by atoms with van der Waals surface area (Å²) in [5.74, 6) is -1.38. The van der Waals surface area contributed by atoms with Crippen LogP contribution in [-0.4, -0.2) is 16.3 Å². The maximum Gasteiger partial charge on any atom is 0.334 e. The highest BCUT2D eigenvalue weighted by Crippen LogP contribution is 2.47. The normalized spacial score (nSPS) is 18.5. The Balaban J connectivity index is 2.69. The molecule has 0 aromatic heterocycles. The van der Waals surface area contributed by atoms with Gasteiger partial charge in [0.25, 0.3) is 0 Å². The van der Waals surface area contributed by atoms with Gasteiger partial charge in [-0.3, -0.25) is 0 Å². The maximum absolute atomic E-state index is 11.9. The number of carboxylic acid groups (broad SMARTS) is 1. The highest BCUT2D eigenvalue weighted by molar-refractivity contribution is 8.03. The highest BCUT2D eigenvalue weighted by atomic mass is 35.5. The van der Waals surface area contributed by atoms with Crippen molar-refractivity contribution >= 4 is 40.9 Å². The average molecular weight is 372 g/mol. The standard InChI is InChI=1S/C17H19Cl2NO2S/c1-8(2)23-16-10(4)20-9(3)13(17(21)22)14(16)11-6-5-7-12(18)15(11)19/h5-8,14,20H,1-4H3,(H,21,22). The second-order valence-electron chi connectivity index (χ2n) is 5.70. The van der Waals surface area contributed by atoms with Gasteiger partial charge in [0.15, 0.2) is 0 Å². The Morgan fingerprint density at radius 3 is 2.48 bits per heavy atom. The fourth-order valence-corrected chi connectivity index (χ4v) is 4.24. The van der Waals surface area contributed by atoms with E-state index in [-0.39, 0.29) is 0 Å². The summed E-state index contributed by atoms with van der Waals surface area (Å²) in [6.45, 7) is 7.88. The highest BCUT2D eigenvalue weighted by Gasteiger charge is 2.35. The maximum atomic E-state index is 11.9. The van der Waals surface area contributed by atoms with Crippen LogP contribution in [0.3, 0.4) is 0 Å². The molecule has 0 amide bonds. The number of carboxylic acids is 1. The average Bonchev–Trinajstić information content (AvgIpc) is 2.44. The summed E-state index contributed by atoms with van der Waals surface area (Å²) in [6.07, 6.45) is 0. The van der Waals surface area contributed by atoms with Crippen molar-refractivity contribution in [3.05, 3.63) is 55.7 Å². The molecule has 2 N–H and O–H groups in total. The van der Waals surface area contributed by atoms with Gasteiger partial charge in [-0.1, -0.05) is 49.2 Å². The molecular formula is C17H19Cl2NO2S. The first-order valence-corrected chi connectivity index (χ1v) is 8.90. The van der Waals surface area contributed by atoms with Gasteiger partial charge in [-0.25, -0.2) is 4.79 Å². The summed E-state index contributed by atoms with van der Waals surface area (Å²) in [7, 11) is 0. The minimum atomic E-state index is -0.953. The van der Waals surface area contributed by atoms with Crippen LogP contribution in [0.2, 0.25) is 10.0 Å². The Kier molecular flexibility index (Phi) is 5.71. The summed E-state index contributed by atoms with van der Waals surface area (Å²) >= 11 is 14.2. The van der Waals surface area contributed by atoms with E-state index in [4.69, 9.17) is 23.2 Å². The number of hydrogen-bond acceptors (Lipinski definition) is 3. The SMILES string of the molecule is CC1=C(SC(C)C)C(c2cccc(Cl)c2Cl)C(C(=O)O)=C(C)N1. The molecule has 6 heteroatoms. The second-order valence-corrected chi connectivity index (χ2v) is 8.10. The van der Waals surface area contributed by atoms with E-state index < -0.39 is 11.9 Å². The molecule has 1 aromatic carbocycles. The molecule has 0 saturated heterocycles. The molecule has 1 heterocycles. The summed E-state index contributed by atoms with van der Waals surface area (Å²) in [5.41, 5.74) is 2.61. The van der Waals surface area contributed by atoms with Gasteiger partial charge in [-0.2, -0.15) is 0 Å². The van der Waals surface area contributed by atoms with Crippen LogP contribution in [0.15, 0.2) is 40.1 Å². The number of nitrogens with one attached hydrogen (secondary N) is 1. The van der Waals surface area contributed by atoms with Gasteiger partial charge in [-0.05, 0) is 25.5 Å². The molecule has 1 aliphatic heterocycles. The predicted molar refractivity (Wildman–Crippen MR) is 98.1 cm³/mol. The molecule has 0 aliphatic carbocycles. The molecule has 3 nitrogen and oxygen atoms in total. The van der Waals surface area contributed by atoms with Gasteiger partial charge in [0.05, 0.1) is 21.5 Å². The summed E-state index contributed by atoms with van der Waals surface area (Å²) in [5, 5.41) is 14.1. The van der Waals surface area contributed by atoms with Crippen LogP contribution < -0.4 is 5.32 Å². The number of hydrogen-bond donors (Lipinski definition) is 2. The molecule has 0 bridgehead atoms. The quantitative estimate of drug-likeness (QED) is 0.742. The number of halogens is 2. The first-order valence-electron chi connectivity index (χ1n) is 7.26. The van der Waals surface area contributed by atoms with E-state index in [9.17, 15) is 9.90 Å². The molecule has 124 valence electrons. The van der Waals surface area contributed by atoms with Gasteiger partial charge in [0.1, 0.15) is 0 Å². The lowest BCUT2D eigenvalue weighted by molar-refractivity contribution is -0.133. The Bertz CT molecular complexity index is 711. The van der Waals surface area contributed by atoms with E-state index >= 15 is 0 Å². The number of rotatable bonds is 4. The zero-order chi connectivity index (χ0) is 17.3. The first-order chi connectivity index (χ1) is 10.7. The van der Waals surface area contributed by atoms with E-state index in [2.05, 4.69) is 19.2 Å². The first kappa shape index (κ1) is 18.2. The third-order valence-corrected chi connectivity index (χ3v) is 5.69. The molecule has 1 aromatic rings. The Hall–Kier alpha value is -1.10. The minimum absolute atomic E-state index is 0.308. The number of dihydropyridines is 1. The topological polar surface area (TPSA) is 49.3 Å². The molecular weight excluding hydrogens is 353 g/mol. The number of allylic oxidation sites excluding steroid dienone is 3. The zero-order valence-corrected chi connectivity index (χ0v) is 15.7. The third kappa shape index (κ3) is 3.70. The lowest BCUT2D eigenvalue weighted by Crippen LogP contribution is -2.27. The van der Waals surface area contributed by atoms with Crippen LogP contribution in [0.5, 0.6) is 0 Å². The van der Waals surface area contributed by atoms with Crippen molar-refractivity contribution < 1.29 is 9.90 Å². The van der Waals surface area contributed by atoms with Crippen molar-refractivity contribution in [1.82, 2.24) is 5.32 Å². The largest absolute Gasteiger partial charge is 0.478 e. The fraction of sp³-hybridized carbons (Fsp3) is 0.353. The Morgan fingerprint density at radius 2 is 1.91 bits per heavy atom. The van der Waals surface area contributed by atoms with Gasteiger partial charge < -0.3 is 10.4 Å². The number of aliphatic carboxylic acids is 1. The second kappa shape index (κ2) is 7.20. The molecule has 1 unspecified atom stereocenters. The zero-order valence-electron chi connectivity index (χ0n) is 13.4. The van der Waals surface area contributed by atoms with Crippen molar-refractivity contribution in [2.24, 2.45) is 0 Å². The molecule has 2 rings (SSSR count). The van der Waals surface area contributed by atoms with E-state index in [1.807, 2.05) is 13.0 Å². The van der Waals surface area contributed by atoms with E-state index in [0.717, 1.165) is 16.2 Å². The molecule has 0 saturated carbocycles. The molecule has 1 atom stereocenters. The van der Waals surface area contributed by atoms with E-state index in [1.54, 1.807) is 30.8 Å². The molecule has 0 radical (unpaired) electrons. The summed E-state index contributed by atoms with van der Waals surface area (Å²) < 4.78 is 0. The predicted octanol–water partition coefficient (Wildman–Crippen LogP) is 5.41. The van der Waals surface area contributed by atoms with Crippen molar-refractivity contribution in [3.63, 3.8) is 0 Å². The van der Waals surface area contributed by atoms with Crippen molar-refractivity contribution in [1.29, 1.82) is 0 Å². The van der Waals surface area contributed by atoms with Crippen LogP contribution in [0.25, 0.3) is 0 Å². The monoisotopic (exact) mass is 371 g/mol. The van der Waals surface area contributed by atoms with Crippen LogP contribution in [0.1, 0.15) is 39.2 Å². The molecule has 23 heavy (non-hydrogen) atoms. The van der Waals surface area contributed by atoms with Crippen LogP contribution in [-0.2, 0) is 4.79 Å². The van der Waals surface area contributed by atoms with E-state index in [1.165, 1.54) is 0 Å².